The summed E-state index contributed by atoms with van der Waals surface area (Å²) in [5.74, 6) is 0. The van der Waals surface area contributed by atoms with Crippen LogP contribution in [0.2, 0.25) is 0 Å². The van der Waals surface area contributed by atoms with Crippen molar-refractivity contribution in [1.82, 2.24) is 5.32 Å². The largest absolute Gasteiger partial charge is 0.389 e. The Labute approximate surface area is 91.3 Å². The molecule has 1 unspecified atom stereocenters. The molecule has 0 aliphatic rings. The summed E-state index contributed by atoms with van der Waals surface area (Å²) in [4.78, 5) is 1.00. The van der Waals surface area contributed by atoms with Crippen molar-refractivity contribution in [2.45, 2.75) is 32.0 Å². The Balaban J connectivity index is 2.61. The maximum absolute atomic E-state index is 12.1. The van der Waals surface area contributed by atoms with E-state index in [1.54, 1.807) is 7.05 Å². The van der Waals surface area contributed by atoms with Gasteiger partial charge < -0.3 is 5.32 Å². The number of rotatable bonds is 4. The maximum Gasteiger partial charge on any atom is 0.389 e. The van der Waals surface area contributed by atoms with Gasteiger partial charge in [0.2, 0.25) is 0 Å². The fourth-order valence-corrected chi connectivity index (χ4v) is 2.53. The van der Waals surface area contributed by atoms with E-state index in [-0.39, 0.29) is 12.5 Å². The third kappa shape index (κ3) is 3.83. The first-order chi connectivity index (χ1) is 6.94. The number of aryl methyl sites for hydroxylation is 1. The Morgan fingerprint density at radius 1 is 1.47 bits per heavy atom. The Morgan fingerprint density at radius 3 is 2.53 bits per heavy atom. The summed E-state index contributed by atoms with van der Waals surface area (Å²) < 4.78 is 36.2. The zero-order valence-electron chi connectivity index (χ0n) is 8.69. The van der Waals surface area contributed by atoms with Crippen LogP contribution in [0.1, 0.15) is 29.3 Å². The van der Waals surface area contributed by atoms with Gasteiger partial charge in [-0.1, -0.05) is 0 Å². The van der Waals surface area contributed by atoms with Gasteiger partial charge >= 0.3 is 6.18 Å². The molecule has 0 fully saturated rings. The average Bonchev–Trinajstić information content (AvgIpc) is 2.52. The van der Waals surface area contributed by atoms with Crippen molar-refractivity contribution in [3.63, 3.8) is 0 Å². The van der Waals surface area contributed by atoms with Crippen LogP contribution in [0.25, 0.3) is 0 Å². The topological polar surface area (TPSA) is 12.0 Å². The molecule has 1 aromatic heterocycles. The van der Waals surface area contributed by atoms with Crippen molar-refractivity contribution in [2.24, 2.45) is 0 Å². The van der Waals surface area contributed by atoms with Crippen LogP contribution in [0.4, 0.5) is 13.2 Å². The lowest BCUT2D eigenvalue weighted by atomic mass is 10.1. The van der Waals surface area contributed by atoms with Gasteiger partial charge in [-0.25, -0.2) is 0 Å². The molecule has 0 aliphatic heterocycles. The molecule has 1 N–H and O–H groups in total. The summed E-state index contributed by atoms with van der Waals surface area (Å²) in [6.45, 7) is 1.92. The third-order valence-corrected chi connectivity index (χ3v) is 3.42. The van der Waals surface area contributed by atoms with Gasteiger partial charge in [0.15, 0.2) is 0 Å². The zero-order valence-corrected chi connectivity index (χ0v) is 9.50. The van der Waals surface area contributed by atoms with Gasteiger partial charge in [-0.15, -0.1) is 11.3 Å². The number of thiophene rings is 1. The van der Waals surface area contributed by atoms with Crippen LogP contribution in [-0.2, 0) is 0 Å². The molecule has 1 heterocycles. The molecule has 5 heteroatoms. The van der Waals surface area contributed by atoms with Crippen LogP contribution in [0.3, 0.4) is 0 Å². The van der Waals surface area contributed by atoms with E-state index in [1.807, 2.05) is 18.4 Å². The summed E-state index contributed by atoms with van der Waals surface area (Å²) in [5, 5.41) is 4.83. The standard InChI is InChI=1S/C10H14F3NS/c1-7-4-6-15-9(7)8(14-2)3-5-10(11,12)13/h4,6,8,14H,3,5H2,1-2H3. The van der Waals surface area contributed by atoms with E-state index in [4.69, 9.17) is 0 Å². The van der Waals surface area contributed by atoms with Crippen molar-refractivity contribution in [3.05, 3.63) is 21.9 Å². The number of alkyl halides is 3. The van der Waals surface area contributed by atoms with Gasteiger partial charge in [0.25, 0.3) is 0 Å². The molecule has 0 amide bonds. The van der Waals surface area contributed by atoms with Gasteiger partial charge in [0.05, 0.1) is 0 Å². The monoisotopic (exact) mass is 237 g/mol. The summed E-state index contributed by atoms with van der Waals surface area (Å²) in [6, 6.07) is 1.74. The molecule has 0 aliphatic carbocycles. The van der Waals surface area contributed by atoms with Crippen LogP contribution in [0.15, 0.2) is 11.4 Å². The van der Waals surface area contributed by atoms with Crippen molar-refractivity contribution < 1.29 is 13.2 Å². The molecule has 1 nitrogen and oxygen atoms in total. The van der Waals surface area contributed by atoms with Gasteiger partial charge in [-0.2, -0.15) is 13.2 Å². The molecular weight excluding hydrogens is 223 g/mol. The Morgan fingerprint density at radius 2 is 2.13 bits per heavy atom. The van der Waals surface area contributed by atoms with Crippen LogP contribution in [0, 0.1) is 6.92 Å². The smallest absolute Gasteiger partial charge is 0.312 e. The lowest BCUT2D eigenvalue weighted by Gasteiger charge is -2.16. The molecule has 0 bridgehead atoms. The quantitative estimate of drug-likeness (QED) is 0.842. The Bertz CT molecular complexity index is 306. The lowest BCUT2D eigenvalue weighted by Crippen LogP contribution is -2.19. The van der Waals surface area contributed by atoms with E-state index in [0.29, 0.717) is 0 Å². The van der Waals surface area contributed by atoms with E-state index in [9.17, 15) is 13.2 Å². The van der Waals surface area contributed by atoms with E-state index in [2.05, 4.69) is 5.32 Å². The van der Waals surface area contributed by atoms with Gasteiger partial charge in [0.1, 0.15) is 0 Å². The fraction of sp³-hybridized carbons (Fsp3) is 0.600. The molecule has 0 spiro atoms. The molecule has 86 valence electrons. The van der Waals surface area contributed by atoms with Crippen LogP contribution in [0.5, 0.6) is 0 Å². The highest BCUT2D eigenvalue weighted by Gasteiger charge is 2.28. The highest BCUT2D eigenvalue weighted by molar-refractivity contribution is 7.10. The van der Waals surface area contributed by atoms with Crippen molar-refractivity contribution in [3.8, 4) is 0 Å². The molecule has 0 saturated carbocycles. The van der Waals surface area contributed by atoms with Gasteiger partial charge in [-0.05, 0) is 37.4 Å². The predicted octanol–water partition coefficient (Wildman–Crippen LogP) is 3.66. The first-order valence-electron chi connectivity index (χ1n) is 4.72. The first kappa shape index (κ1) is 12.5. The highest BCUT2D eigenvalue weighted by atomic mass is 32.1. The maximum atomic E-state index is 12.1. The summed E-state index contributed by atoms with van der Waals surface area (Å²) >= 11 is 1.50. The Kier molecular flexibility index (Phi) is 4.16. The molecule has 0 radical (unpaired) electrons. The number of halogens is 3. The van der Waals surface area contributed by atoms with Crippen molar-refractivity contribution >= 4 is 11.3 Å². The van der Waals surface area contributed by atoms with Crippen molar-refractivity contribution in [1.29, 1.82) is 0 Å². The summed E-state index contributed by atoms with van der Waals surface area (Å²) in [7, 11) is 1.69. The SMILES string of the molecule is CNC(CCC(F)(F)F)c1sccc1C. The number of hydrogen-bond donors (Lipinski definition) is 1. The molecule has 1 rings (SSSR count). The van der Waals surface area contributed by atoms with Crippen LogP contribution in [-0.4, -0.2) is 13.2 Å². The minimum absolute atomic E-state index is 0.0986. The highest BCUT2D eigenvalue weighted by Crippen LogP contribution is 2.31. The molecule has 1 atom stereocenters. The average molecular weight is 237 g/mol. The molecule has 0 aromatic carbocycles. The second-order valence-corrected chi connectivity index (χ2v) is 4.41. The zero-order chi connectivity index (χ0) is 11.5. The second kappa shape index (κ2) is 4.99. The van der Waals surface area contributed by atoms with Crippen LogP contribution >= 0.6 is 11.3 Å². The number of nitrogens with one attached hydrogen (secondary N) is 1. The van der Waals surface area contributed by atoms with E-state index in [0.717, 1.165) is 10.4 Å². The Hall–Kier alpha value is -0.550. The lowest BCUT2D eigenvalue weighted by molar-refractivity contribution is -0.136. The van der Waals surface area contributed by atoms with E-state index >= 15 is 0 Å². The first-order valence-corrected chi connectivity index (χ1v) is 5.60. The molecule has 0 saturated heterocycles. The molecular formula is C10H14F3NS. The van der Waals surface area contributed by atoms with Gasteiger partial charge in [-0.3, -0.25) is 0 Å². The van der Waals surface area contributed by atoms with E-state index in [1.165, 1.54) is 11.3 Å². The van der Waals surface area contributed by atoms with Crippen molar-refractivity contribution in [2.75, 3.05) is 7.05 Å². The minimum atomic E-state index is -4.07. The predicted molar refractivity (Wildman–Crippen MR) is 56.1 cm³/mol. The van der Waals surface area contributed by atoms with Crippen LogP contribution < -0.4 is 5.32 Å². The molecule has 15 heavy (non-hydrogen) atoms. The molecule has 1 aromatic rings. The van der Waals surface area contributed by atoms with Gasteiger partial charge in [0, 0.05) is 17.3 Å². The summed E-state index contributed by atoms with van der Waals surface area (Å²) in [6.07, 6.45) is -4.71. The third-order valence-electron chi connectivity index (χ3n) is 2.28. The fourth-order valence-electron chi connectivity index (χ4n) is 1.46. The normalized spacial score (nSPS) is 14.2. The minimum Gasteiger partial charge on any atom is -0.312 e. The second-order valence-electron chi connectivity index (χ2n) is 3.46. The number of hydrogen-bond acceptors (Lipinski definition) is 2. The van der Waals surface area contributed by atoms with E-state index < -0.39 is 12.6 Å². The summed E-state index contributed by atoms with van der Waals surface area (Å²) in [5.41, 5.74) is 1.06.